The molecule has 0 radical (unpaired) electrons. The highest BCUT2D eigenvalue weighted by molar-refractivity contribution is 6.34. The van der Waals surface area contributed by atoms with Gasteiger partial charge in [-0.25, -0.2) is 0 Å². The van der Waals surface area contributed by atoms with Crippen molar-refractivity contribution in [3.8, 4) is 0 Å². The molecule has 24 heavy (non-hydrogen) atoms. The number of hydrogen-bond donors (Lipinski definition) is 1. The minimum atomic E-state index is -0.0701. The lowest BCUT2D eigenvalue weighted by molar-refractivity contribution is 0.0303. The highest BCUT2D eigenvalue weighted by Crippen LogP contribution is 2.23. The van der Waals surface area contributed by atoms with Gasteiger partial charge in [-0.3, -0.25) is 4.79 Å². The zero-order valence-electron chi connectivity index (χ0n) is 13.4. The molecule has 1 aliphatic heterocycles. The summed E-state index contributed by atoms with van der Waals surface area (Å²) < 4.78 is 10.4. The number of benzene rings is 1. The van der Waals surface area contributed by atoms with Crippen LogP contribution in [0.1, 0.15) is 29.0 Å². The first-order chi connectivity index (χ1) is 11.7. The summed E-state index contributed by atoms with van der Waals surface area (Å²) in [4.78, 5) is 18.5. The normalized spacial score (nSPS) is 14.7. The van der Waals surface area contributed by atoms with E-state index in [4.69, 9.17) is 20.9 Å². The average molecular weight is 351 g/mol. The summed E-state index contributed by atoms with van der Waals surface area (Å²) in [5.41, 5.74) is 1.28. The number of aromatic nitrogens is 2. The number of morpholine rings is 1. The zero-order chi connectivity index (χ0) is 16.9. The first-order valence-corrected chi connectivity index (χ1v) is 8.27. The molecule has 0 atom stereocenters. The predicted molar refractivity (Wildman–Crippen MR) is 89.2 cm³/mol. The standard InChI is InChI=1S/C16H19ClN4O3/c1-2-14-19-15(24-20-14)10-18-11-3-4-12(13(17)9-11)16(22)21-5-7-23-8-6-21/h3-4,9,18H,2,5-8,10H2,1H3. The highest BCUT2D eigenvalue weighted by Gasteiger charge is 2.20. The summed E-state index contributed by atoms with van der Waals surface area (Å²) >= 11 is 6.28. The number of carbonyl (C=O) groups excluding carboxylic acids is 1. The van der Waals surface area contributed by atoms with Crippen LogP contribution in [0.25, 0.3) is 0 Å². The van der Waals surface area contributed by atoms with E-state index >= 15 is 0 Å². The minimum Gasteiger partial charge on any atom is -0.378 e. The van der Waals surface area contributed by atoms with Crippen LogP contribution >= 0.6 is 11.6 Å². The van der Waals surface area contributed by atoms with Crippen molar-refractivity contribution < 1.29 is 14.1 Å². The summed E-state index contributed by atoms with van der Waals surface area (Å²) in [5, 5.41) is 7.41. The van der Waals surface area contributed by atoms with Gasteiger partial charge >= 0.3 is 0 Å². The van der Waals surface area contributed by atoms with Gasteiger partial charge in [-0.1, -0.05) is 23.7 Å². The second-order valence-corrected chi connectivity index (χ2v) is 5.82. The maximum atomic E-state index is 12.5. The van der Waals surface area contributed by atoms with Crippen LogP contribution in [0, 0.1) is 0 Å². The minimum absolute atomic E-state index is 0.0701. The number of carbonyl (C=O) groups is 1. The van der Waals surface area contributed by atoms with Crippen LogP contribution in [-0.2, 0) is 17.7 Å². The Kier molecular flexibility index (Phi) is 5.32. The molecule has 3 rings (SSSR count). The Morgan fingerprint density at radius 3 is 2.83 bits per heavy atom. The number of nitrogens with zero attached hydrogens (tertiary/aromatic N) is 3. The lowest BCUT2D eigenvalue weighted by Crippen LogP contribution is -2.40. The molecule has 0 unspecified atom stereocenters. The van der Waals surface area contributed by atoms with E-state index in [-0.39, 0.29) is 5.91 Å². The van der Waals surface area contributed by atoms with Gasteiger partial charge in [0, 0.05) is 25.2 Å². The second kappa shape index (κ2) is 7.63. The number of aryl methyl sites for hydroxylation is 1. The third kappa shape index (κ3) is 3.85. The molecule has 1 fully saturated rings. The molecular formula is C16H19ClN4O3. The van der Waals surface area contributed by atoms with Crippen molar-refractivity contribution in [3.05, 3.63) is 40.5 Å². The summed E-state index contributed by atoms with van der Waals surface area (Å²) in [6, 6.07) is 5.27. The molecule has 2 aromatic rings. The second-order valence-electron chi connectivity index (χ2n) is 5.41. The van der Waals surface area contributed by atoms with Gasteiger partial charge in [0.05, 0.1) is 30.3 Å². The van der Waals surface area contributed by atoms with Crippen molar-refractivity contribution in [2.75, 3.05) is 31.6 Å². The Hall–Kier alpha value is -2.12. The summed E-state index contributed by atoms with van der Waals surface area (Å²) in [5.74, 6) is 1.12. The molecule has 7 nitrogen and oxygen atoms in total. The van der Waals surface area contributed by atoms with E-state index in [0.29, 0.717) is 55.1 Å². The molecule has 0 aliphatic carbocycles. The first-order valence-electron chi connectivity index (χ1n) is 7.89. The maximum absolute atomic E-state index is 12.5. The van der Waals surface area contributed by atoms with Gasteiger partial charge in [0.1, 0.15) is 0 Å². The molecule has 128 valence electrons. The van der Waals surface area contributed by atoms with Crippen molar-refractivity contribution in [2.24, 2.45) is 0 Å². The molecule has 8 heteroatoms. The number of amides is 1. The van der Waals surface area contributed by atoms with Gasteiger partial charge in [-0.05, 0) is 18.2 Å². The largest absolute Gasteiger partial charge is 0.378 e. The van der Waals surface area contributed by atoms with Gasteiger partial charge in [-0.2, -0.15) is 4.98 Å². The molecule has 2 heterocycles. The molecule has 0 bridgehead atoms. The summed E-state index contributed by atoms with van der Waals surface area (Å²) in [7, 11) is 0. The lowest BCUT2D eigenvalue weighted by Gasteiger charge is -2.27. The van der Waals surface area contributed by atoms with Gasteiger partial charge in [0.25, 0.3) is 5.91 Å². The number of anilines is 1. The van der Waals surface area contributed by atoms with Gasteiger partial charge < -0.3 is 19.5 Å². The molecule has 1 aliphatic rings. The molecule has 1 aromatic carbocycles. The number of ether oxygens (including phenoxy) is 1. The third-order valence-corrected chi connectivity index (χ3v) is 4.08. The van der Waals surface area contributed by atoms with E-state index < -0.39 is 0 Å². The fraction of sp³-hybridized carbons (Fsp3) is 0.438. The summed E-state index contributed by atoms with van der Waals surface area (Å²) in [6.45, 7) is 4.67. The Morgan fingerprint density at radius 1 is 1.38 bits per heavy atom. The van der Waals surface area contributed by atoms with Crippen LogP contribution in [0.2, 0.25) is 5.02 Å². The van der Waals surface area contributed by atoms with Crippen LogP contribution in [0.15, 0.2) is 22.7 Å². The van der Waals surface area contributed by atoms with E-state index in [0.717, 1.165) is 12.1 Å². The van der Waals surface area contributed by atoms with Gasteiger partial charge in [-0.15, -0.1) is 0 Å². The van der Waals surface area contributed by atoms with Gasteiger partial charge in [0.15, 0.2) is 5.82 Å². The quantitative estimate of drug-likeness (QED) is 0.891. The lowest BCUT2D eigenvalue weighted by atomic mass is 10.1. The van der Waals surface area contributed by atoms with Crippen LogP contribution in [0.3, 0.4) is 0 Å². The van der Waals surface area contributed by atoms with E-state index in [1.807, 2.05) is 13.0 Å². The molecule has 0 saturated carbocycles. The SMILES string of the molecule is CCc1noc(CNc2ccc(C(=O)N3CCOCC3)c(Cl)c2)n1. The number of hydrogen-bond acceptors (Lipinski definition) is 6. The van der Waals surface area contributed by atoms with Crippen LogP contribution in [0.5, 0.6) is 0 Å². The maximum Gasteiger partial charge on any atom is 0.255 e. The van der Waals surface area contributed by atoms with Crippen molar-refractivity contribution in [1.82, 2.24) is 15.0 Å². The monoisotopic (exact) mass is 350 g/mol. The fourth-order valence-electron chi connectivity index (χ4n) is 2.42. The van der Waals surface area contributed by atoms with E-state index in [1.165, 1.54) is 0 Å². The van der Waals surface area contributed by atoms with E-state index in [9.17, 15) is 4.79 Å². The topological polar surface area (TPSA) is 80.5 Å². The molecule has 1 amide bonds. The number of nitrogens with one attached hydrogen (secondary N) is 1. The first kappa shape index (κ1) is 16.7. The smallest absolute Gasteiger partial charge is 0.255 e. The fourth-order valence-corrected chi connectivity index (χ4v) is 2.68. The Bertz CT molecular complexity index is 713. The Balaban J connectivity index is 1.64. The number of halogens is 1. The molecule has 1 N–H and O–H groups in total. The molecule has 1 aromatic heterocycles. The highest BCUT2D eigenvalue weighted by atomic mass is 35.5. The van der Waals surface area contributed by atoms with Crippen molar-refractivity contribution in [2.45, 2.75) is 19.9 Å². The van der Waals surface area contributed by atoms with Crippen LogP contribution in [-0.4, -0.2) is 47.3 Å². The molecule has 0 spiro atoms. The van der Waals surface area contributed by atoms with Crippen molar-refractivity contribution >= 4 is 23.2 Å². The van der Waals surface area contributed by atoms with Crippen LogP contribution < -0.4 is 5.32 Å². The van der Waals surface area contributed by atoms with E-state index in [1.54, 1.807) is 17.0 Å². The van der Waals surface area contributed by atoms with Crippen molar-refractivity contribution in [1.29, 1.82) is 0 Å². The third-order valence-electron chi connectivity index (χ3n) is 3.77. The predicted octanol–water partition coefficient (Wildman–Crippen LogP) is 2.37. The Labute approximate surface area is 144 Å². The van der Waals surface area contributed by atoms with Crippen molar-refractivity contribution in [3.63, 3.8) is 0 Å². The summed E-state index contributed by atoms with van der Waals surface area (Å²) in [6.07, 6.45) is 0.730. The Morgan fingerprint density at radius 2 is 2.17 bits per heavy atom. The average Bonchev–Trinajstić information content (AvgIpc) is 3.08. The molecule has 1 saturated heterocycles. The van der Waals surface area contributed by atoms with Crippen LogP contribution in [0.4, 0.5) is 5.69 Å². The van der Waals surface area contributed by atoms with Gasteiger partial charge in [0.2, 0.25) is 5.89 Å². The molecular weight excluding hydrogens is 332 g/mol. The van der Waals surface area contributed by atoms with E-state index in [2.05, 4.69) is 15.5 Å². The zero-order valence-corrected chi connectivity index (χ0v) is 14.2. The number of rotatable bonds is 5.